The Bertz CT molecular complexity index is 1420. The molecule has 0 radical (unpaired) electrons. The summed E-state index contributed by atoms with van der Waals surface area (Å²) in [6.07, 6.45) is 2.66. The number of nitrogens with zero attached hydrogens (tertiary/aromatic N) is 4. The minimum atomic E-state index is 0.0188. The molecule has 2 saturated heterocycles. The van der Waals surface area contributed by atoms with E-state index in [2.05, 4.69) is 37.2 Å². The number of rotatable bonds is 4. The van der Waals surface area contributed by atoms with Gasteiger partial charge in [0.25, 0.3) is 5.91 Å². The summed E-state index contributed by atoms with van der Waals surface area (Å²) in [4.78, 5) is 25.3. The maximum atomic E-state index is 13.8. The van der Waals surface area contributed by atoms with E-state index in [0.717, 1.165) is 60.5 Å². The quantitative estimate of drug-likeness (QED) is 0.386. The van der Waals surface area contributed by atoms with Gasteiger partial charge in [-0.1, -0.05) is 35.5 Å². The van der Waals surface area contributed by atoms with E-state index in [9.17, 15) is 4.79 Å². The van der Waals surface area contributed by atoms with Crippen LogP contribution in [0.1, 0.15) is 64.3 Å². The fourth-order valence-electron chi connectivity index (χ4n) is 5.25. The minimum absolute atomic E-state index is 0.0188. The molecule has 0 saturated carbocycles. The van der Waals surface area contributed by atoms with Crippen LogP contribution in [-0.2, 0) is 4.74 Å². The standard InChI is InChI=1S/C29H30N4O3/c1-18-7-8-21(15-19(18)2)26-16-24(23-5-3-4-6-25(23)30-26)29(34)33-12-9-22(17-33)28-31-27(32-36-28)20-10-13-35-14-11-20/h3-8,15-16,20,22H,9-14,17H2,1-2H3. The van der Waals surface area contributed by atoms with Crippen LogP contribution in [-0.4, -0.2) is 52.2 Å². The molecule has 36 heavy (non-hydrogen) atoms. The number of fused-ring (bicyclic) bond motifs is 1. The van der Waals surface area contributed by atoms with Crippen molar-refractivity contribution >= 4 is 16.8 Å². The number of aryl methyl sites for hydroxylation is 2. The molecule has 2 aromatic carbocycles. The number of carbonyl (C=O) groups excluding carboxylic acids is 1. The van der Waals surface area contributed by atoms with Crippen molar-refractivity contribution in [2.24, 2.45) is 0 Å². The average Bonchev–Trinajstić information content (AvgIpc) is 3.60. The normalized spacial score (nSPS) is 18.7. The third-order valence-corrected chi connectivity index (χ3v) is 7.62. The lowest BCUT2D eigenvalue weighted by Gasteiger charge is -2.18. The van der Waals surface area contributed by atoms with Crippen molar-refractivity contribution in [1.82, 2.24) is 20.0 Å². The van der Waals surface area contributed by atoms with Crippen LogP contribution in [0, 0.1) is 13.8 Å². The zero-order valence-electron chi connectivity index (χ0n) is 20.7. The Morgan fingerprint density at radius 2 is 1.78 bits per heavy atom. The zero-order valence-corrected chi connectivity index (χ0v) is 20.7. The summed E-state index contributed by atoms with van der Waals surface area (Å²) in [6.45, 7) is 6.91. The second kappa shape index (κ2) is 9.47. The second-order valence-corrected chi connectivity index (χ2v) is 9.99. The Morgan fingerprint density at radius 3 is 2.61 bits per heavy atom. The fraction of sp³-hybridized carbons (Fsp3) is 0.379. The highest BCUT2D eigenvalue weighted by atomic mass is 16.5. The molecule has 2 aliphatic heterocycles. The first kappa shape index (κ1) is 22.9. The van der Waals surface area contributed by atoms with E-state index >= 15 is 0 Å². The van der Waals surface area contributed by atoms with Crippen LogP contribution in [0.3, 0.4) is 0 Å². The van der Waals surface area contributed by atoms with E-state index in [0.29, 0.717) is 30.5 Å². The predicted octanol–water partition coefficient (Wildman–Crippen LogP) is 5.43. The van der Waals surface area contributed by atoms with E-state index in [1.165, 1.54) is 11.1 Å². The molecule has 4 heterocycles. The summed E-state index contributed by atoms with van der Waals surface area (Å²) in [5, 5.41) is 5.13. The second-order valence-electron chi connectivity index (χ2n) is 9.99. The van der Waals surface area contributed by atoms with Crippen LogP contribution >= 0.6 is 0 Å². The highest BCUT2D eigenvalue weighted by Gasteiger charge is 2.33. The number of hydrogen-bond acceptors (Lipinski definition) is 6. The molecule has 1 amide bonds. The molecule has 0 spiro atoms. The Labute approximate surface area is 210 Å². The Hall–Kier alpha value is -3.58. The maximum absolute atomic E-state index is 13.8. The van der Waals surface area contributed by atoms with Gasteiger partial charge in [0, 0.05) is 43.2 Å². The first-order chi connectivity index (χ1) is 17.6. The Morgan fingerprint density at radius 1 is 0.944 bits per heavy atom. The van der Waals surface area contributed by atoms with Crippen LogP contribution in [0.2, 0.25) is 0 Å². The van der Waals surface area contributed by atoms with Crippen molar-refractivity contribution in [3.8, 4) is 11.3 Å². The molecule has 7 heteroatoms. The van der Waals surface area contributed by atoms with Crippen LogP contribution in [0.5, 0.6) is 0 Å². The third-order valence-electron chi connectivity index (χ3n) is 7.62. The molecular weight excluding hydrogens is 452 g/mol. The highest BCUT2D eigenvalue weighted by Crippen LogP contribution is 2.32. The van der Waals surface area contributed by atoms with Crippen molar-refractivity contribution in [1.29, 1.82) is 0 Å². The van der Waals surface area contributed by atoms with Gasteiger partial charge in [-0.05, 0) is 62.4 Å². The van der Waals surface area contributed by atoms with E-state index in [-0.39, 0.29) is 11.8 Å². The van der Waals surface area contributed by atoms with Crippen LogP contribution in [0.4, 0.5) is 0 Å². The monoisotopic (exact) mass is 482 g/mol. The predicted molar refractivity (Wildman–Crippen MR) is 137 cm³/mol. The van der Waals surface area contributed by atoms with Gasteiger partial charge < -0.3 is 14.2 Å². The maximum Gasteiger partial charge on any atom is 0.254 e. The van der Waals surface area contributed by atoms with E-state index in [4.69, 9.17) is 19.2 Å². The lowest BCUT2D eigenvalue weighted by atomic mass is 10.00. The van der Waals surface area contributed by atoms with Crippen LogP contribution < -0.4 is 0 Å². The first-order valence-corrected chi connectivity index (χ1v) is 12.7. The van der Waals surface area contributed by atoms with Gasteiger partial charge in [0.15, 0.2) is 5.82 Å². The summed E-state index contributed by atoms with van der Waals surface area (Å²) in [5.41, 5.74) is 5.78. The summed E-state index contributed by atoms with van der Waals surface area (Å²) >= 11 is 0. The molecule has 0 bridgehead atoms. The van der Waals surface area contributed by atoms with E-state index in [1.807, 2.05) is 35.2 Å². The number of para-hydroxylation sites is 1. The molecule has 184 valence electrons. The average molecular weight is 483 g/mol. The SMILES string of the molecule is Cc1ccc(-c2cc(C(=O)N3CCC(c4nc(C5CCOCC5)no4)C3)c3ccccc3n2)cc1C. The number of hydrogen-bond donors (Lipinski definition) is 0. The number of carbonyl (C=O) groups is 1. The smallest absolute Gasteiger partial charge is 0.254 e. The number of pyridine rings is 1. The van der Waals surface area contributed by atoms with Crippen molar-refractivity contribution in [3.05, 3.63) is 76.9 Å². The molecule has 1 unspecified atom stereocenters. The van der Waals surface area contributed by atoms with Crippen molar-refractivity contribution in [2.45, 2.75) is 44.9 Å². The number of aromatic nitrogens is 3. The van der Waals surface area contributed by atoms with Gasteiger partial charge in [-0.2, -0.15) is 4.98 Å². The fourth-order valence-corrected chi connectivity index (χ4v) is 5.25. The van der Waals surface area contributed by atoms with Crippen molar-refractivity contribution < 1.29 is 14.1 Å². The number of amides is 1. The lowest BCUT2D eigenvalue weighted by molar-refractivity contribution is 0.0791. The molecule has 2 fully saturated rings. The third kappa shape index (κ3) is 4.28. The van der Waals surface area contributed by atoms with Gasteiger partial charge in [-0.15, -0.1) is 0 Å². The molecule has 0 N–H and O–H groups in total. The summed E-state index contributed by atoms with van der Waals surface area (Å²) < 4.78 is 11.1. The van der Waals surface area contributed by atoms with E-state index < -0.39 is 0 Å². The molecular formula is C29H30N4O3. The number of benzene rings is 2. The Balaban J connectivity index is 1.27. The zero-order chi connectivity index (χ0) is 24.6. The van der Waals surface area contributed by atoms with Crippen molar-refractivity contribution in [3.63, 3.8) is 0 Å². The van der Waals surface area contributed by atoms with Gasteiger partial charge >= 0.3 is 0 Å². The number of likely N-dealkylation sites (tertiary alicyclic amines) is 1. The van der Waals surface area contributed by atoms with Crippen LogP contribution in [0.25, 0.3) is 22.2 Å². The summed E-state index contributed by atoms with van der Waals surface area (Å²) in [5.74, 6) is 1.79. The molecule has 4 aromatic rings. The molecule has 1 atom stereocenters. The number of ether oxygens (including phenoxy) is 1. The summed E-state index contributed by atoms with van der Waals surface area (Å²) in [6, 6.07) is 16.1. The van der Waals surface area contributed by atoms with Gasteiger partial charge in [-0.3, -0.25) is 4.79 Å². The lowest BCUT2D eigenvalue weighted by Crippen LogP contribution is -2.28. The summed E-state index contributed by atoms with van der Waals surface area (Å²) in [7, 11) is 0. The Kier molecular flexibility index (Phi) is 6.01. The van der Waals surface area contributed by atoms with Gasteiger partial charge in [-0.25, -0.2) is 4.98 Å². The highest BCUT2D eigenvalue weighted by molar-refractivity contribution is 6.07. The topological polar surface area (TPSA) is 81.4 Å². The molecule has 7 nitrogen and oxygen atoms in total. The molecule has 2 aliphatic rings. The van der Waals surface area contributed by atoms with E-state index in [1.54, 1.807) is 0 Å². The molecule has 6 rings (SSSR count). The van der Waals surface area contributed by atoms with Gasteiger partial charge in [0.05, 0.1) is 22.7 Å². The largest absolute Gasteiger partial charge is 0.381 e. The molecule has 2 aromatic heterocycles. The van der Waals surface area contributed by atoms with Gasteiger partial charge in [0.2, 0.25) is 5.89 Å². The molecule has 0 aliphatic carbocycles. The minimum Gasteiger partial charge on any atom is -0.381 e. The van der Waals surface area contributed by atoms with Gasteiger partial charge in [0.1, 0.15) is 0 Å². The van der Waals surface area contributed by atoms with Crippen molar-refractivity contribution in [2.75, 3.05) is 26.3 Å². The first-order valence-electron chi connectivity index (χ1n) is 12.7. The van der Waals surface area contributed by atoms with Crippen LogP contribution in [0.15, 0.2) is 53.1 Å².